The molecule has 0 bridgehead atoms. The first kappa shape index (κ1) is 26.5. The van der Waals surface area contributed by atoms with Crippen LogP contribution in [0.25, 0.3) is 22.2 Å². The van der Waals surface area contributed by atoms with Gasteiger partial charge in [-0.05, 0) is 69.6 Å². The first-order valence-corrected chi connectivity index (χ1v) is 13.0. The predicted molar refractivity (Wildman–Crippen MR) is 143 cm³/mol. The van der Waals surface area contributed by atoms with Gasteiger partial charge in [0.25, 0.3) is 0 Å². The van der Waals surface area contributed by atoms with E-state index >= 15 is 0 Å². The van der Waals surface area contributed by atoms with Crippen molar-refractivity contribution in [2.75, 3.05) is 20.2 Å². The van der Waals surface area contributed by atoms with Gasteiger partial charge >= 0.3 is 17.8 Å². The number of benzene rings is 2. The van der Waals surface area contributed by atoms with Crippen LogP contribution in [0.1, 0.15) is 52.0 Å². The van der Waals surface area contributed by atoms with Crippen LogP contribution in [0, 0.1) is 5.92 Å². The van der Waals surface area contributed by atoms with Gasteiger partial charge in [0.2, 0.25) is 0 Å². The van der Waals surface area contributed by atoms with Crippen molar-refractivity contribution in [3.05, 3.63) is 58.5 Å². The van der Waals surface area contributed by atoms with Crippen LogP contribution in [-0.4, -0.2) is 52.3 Å². The summed E-state index contributed by atoms with van der Waals surface area (Å²) in [5.41, 5.74) is 3.99. The molecule has 2 heterocycles. The van der Waals surface area contributed by atoms with Gasteiger partial charge in [0, 0.05) is 31.6 Å². The number of carbonyl (C=O) groups is 2. The molecule has 4 rings (SSSR count). The molecular weight excluding hydrogens is 470 g/mol. The molecule has 3 aromatic rings. The Balaban J connectivity index is 1.55. The number of nitrogens with one attached hydrogen (secondary N) is 1. The summed E-state index contributed by atoms with van der Waals surface area (Å²) in [4.78, 5) is 42.1. The maximum absolute atomic E-state index is 13.1. The third kappa shape index (κ3) is 6.42. The number of hydrogen-bond acceptors (Lipinski definition) is 5. The minimum atomic E-state index is -0.503. The van der Waals surface area contributed by atoms with Gasteiger partial charge < -0.3 is 19.4 Å². The number of imidazole rings is 1. The number of aryl methyl sites for hydroxylation is 2. The molecule has 8 heteroatoms. The number of aromatic nitrogens is 2. The fourth-order valence-electron chi connectivity index (χ4n) is 5.03. The highest BCUT2D eigenvalue weighted by Crippen LogP contribution is 2.33. The van der Waals surface area contributed by atoms with Crippen molar-refractivity contribution in [3.8, 4) is 11.1 Å². The van der Waals surface area contributed by atoms with Crippen molar-refractivity contribution in [2.45, 2.75) is 65.0 Å². The minimum absolute atomic E-state index is 0.136. The van der Waals surface area contributed by atoms with Gasteiger partial charge in [0.1, 0.15) is 5.60 Å². The van der Waals surface area contributed by atoms with E-state index in [2.05, 4.69) is 4.98 Å². The van der Waals surface area contributed by atoms with E-state index in [1.807, 2.05) is 67.8 Å². The number of methoxy groups -OCH3 is 1. The number of rotatable bonds is 7. The summed E-state index contributed by atoms with van der Waals surface area (Å²) in [7, 11) is 1.39. The Morgan fingerprint density at radius 3 is 2.41 bits per heavy atom. The summed E-state index contributed by atoms with van der Waals surface area (Å²) in [5.74, 6) is 0.154. The Hall–Kier alpha value is -3.55. The van der Waals surface area contributed by atoms with Crippen LogP contribution in [0.3, 0.4) is 0 Å². The standard InChI is InChI=1S/C29H37N3O5/c1-29(2,3)37-28(35)31-17-14-20(15-18-31)16-19-32-26-23(30-27(32)34)12-10-22(11-13-24(33)36-4)25(26)21-8-6-5-7-9-21/h5-10,12,20H,11,13-19H2,1-4H3,(H,30,34). The fraction of sp³-hybridized carbons (Fsp3) is 0.483. The number of esters is 1. The topological polar surface area (TPSA) is 93.6 Å². The van der Waals surface area contributed by atoms with Gasteiger partial charge in [-0.25, -0.2) is 9.59 Å². The van der Waals surface area contributed by atoms with Crippen molar-refractivity contribution in [1.82, 2.24) is 14.5 Å². The summed E-state index contributed by atoms with van der Waals surface area (Å²) in [5, 5.41) is 0. The number of H-pyrrole nitrogens is 1. The third-order valence-electron chi connectivity index (χ3n) is 6.94. The molecule has 2 aromatic carbocycles. The maximum atomic E-state index is 13.1. The summed E-state index contributed by atoms with van der Waals surface area (Å²) in [6, 6.07) is 13.9. The number of aromatic amines is 1. The number of fused-ring (bicyclic) bond motifs is 1. The fourth-order valence-corrected chi connectivity index (χ4v) is 5.03. The van der Waals surface area contributed by atoms with Gasteiger partial charge in [-0.1, -0.05) is 36.4 Å². The molecule has 1 aromatic heterocycles. The summed E-state index contributed by atoms with van der Waals surface area (Å²) in [6.07, 6.45) is 3.14. The highest BCUT2D eigenvalue weighted by molar-refractivity contribution is 5.94. The van der Waals surface area contributed by atoms with E-state index in [1.54, 1.807) is 4.90 Å². The molecule has 1 amide bonds. The molecule has 0 saturated carbocycles. The van der Waals surface area contributed by atoms with Gasteiger partial charge in [0.15, 0.2) is 0 Å². The van der Waals surface area contributed by atoms with E-state index in [0.717, 1.165) is 47.0 Å². The average molecular weight is 508 g/mol. The predicted octanol–water partition coefficient (Wildman–Crippen LogP) is 5.14. The lowest BCUT2D eigenvalue weighted by atomic mass is 9.93. The lowest BCUT2D eigenvalue weighted by Gasteiger charge is -2.33. The average Bonchev–Trinajstić information content (AvgIpc) is 3.20. The van der Waals surface area contributed by atoms with Crippen LogP contribution in [-0.2, 0) is 27.2 Å². The zero-order chi connectivity index (χ0) is 26.6. The zero-order valence-electron chi connectivity index (χ0n) is 22.2. The Morgan fingerprint density at radius 2 is 1.76 bits per heavy atom. The van der Waals surface area contributed by atoms with Crippen molar-refractivity contribution < 1.29 is 19.1 Å². The number of carbonyl (C=O) groups excluding carboxylic acids is 2. The second-order valence-corrected chi connectivity index (χ2v) is 10.7. The van der Waals surface area contributed by atoms with E-state index in [0.29, 0.717) is 32.0 Å². The molecule has 37 heavy (non-hydrogen) atoms. The second-order valence-electron chi connectivity index (χ2n) is 10.7. The molecular formula is C29H37N3O5. The van der Waals surface area contributed by atoms with Crippen LogP contribution < -0.4 is 5.69 Å². The Bertz CT molecular complexity index is 1290. The molecule has 0 aliphatic carbocycles. The SMILES string of the molecule is COC(=O)CCc1ccc2[nH]c(=O)n(CCC3CCN(C(=O)OC(C)(C)C)CC3)c2c1-c1ccccc1. The van der Waals surface area contributed by atoms with Gasteiger partial charge in [0.05, 0.1) is 18.1 Å². The smallest absolute Gasteiger partial charge is 0.410 e. The van der Waals surface area contributed by atoms with Crippen LogP contribution in [0.15, 0.2) is 47.3 Å². The van der Waals surface area contributed by atoms with E-state index in [-0.39, 0.29) is 24.2 Å². The number of likely N-dealkylation sites (tertiary alicyclic amines) is 1. The number of nitrogens with zero attached hydrogens (tertiary/aromatic N) is 2. The molecule has 1 N–H and O–H groups in total. The molecule has 0 spiro atoms. The van der Waals surface area contributed by atoms with Gasteiger partial charge in [-0.2, -0.15) is 0 Å². The highest BCUT2D eigenvalue weighted by Gasteiger charge is 2.27. The molecule has 198 valence electrons. The van der Waals surface area contributed by atoms with E-state index in [1.165, 1.54) is 7.11 Å². The van der Waals surface area contributed by atoms with Crippen molar-refractivity contribution in [3.63, 3.8) is 0 Å². The first-order chi connectivity index (χ1) is 17.7. The second kappa shape index (κ2) is 11.2. The lowest BCUT2D eigenvalue weighted by Crippen LogP contribution is -2.41. The molecule has 1 aliphatic rings. The van der Waals surface area contributed by atoms with Crippen LogP contribution in [0.4, 0.5) is 4.79 Å². The molecule has 1 fully saturated rings. The molecule has 1 saturated heterocycles. The lowest BCUT2D eigenvalue weighted by molar-refractivity contribution is -0.140. The number of hydrogen-bond donors (Lipinski definition) is 1. The van der Waals surface area contributed by atoms with Crippen LogP contribution in [0.5, 0.6) is 0 Å². The molecule has 0 radical (unpaired) electrons. The molecule has 8 nitrogen and oxygen atoms in total. The summed E-state index contributed by atoms with van der Waals surface area (Å²) in [6.45, 7) is 7.53. The van der Waals surface area contributed by atoms with Crippen molar-refractivity contribution in [1.29, 1.82) is 0 Å². The third-order valence-corrected chi connectivity index (χ3v) is 6.94. The largest absolute Gasteiger partial charge is 0.469 e. The number of ether oxygens (including phenoxy) is 2. The molecule has 0 unspecified atom stereocenters. The van der Waals surface area contributed by atoms with Crippen LogP contribution in [0.2, 0.25) is 0 Å². The van der Waals surface area contributed by atoms with E-state index < -0.39 is 5.60 Å². The van der Waals surface area contributed by atoms with E-state index in [9.17, 15) is 14.4 Å². The van der Waals surface area contributed by atoms with Crippen molar-refractivity contribution >= 4 is 23.1 Å². The Morgan fingerprint density at radius 1 is 1.05 bits per heavy atom. The number of piperidine rings is 1. The first-order valence-electron chi connectivity index (χ1n) is 13.0. The monoisotopic (exact) mass is 507 g/mol. The maximum Gasteiger partial charge on any atom is 0.410 e. The highest BCUT2D eigenvalue weighted by atomic mass is 16.6. The summed E-state index contributed by atoms with van der Waals surface area (Å²) < 4.78 is 12.2. The molecule has 1 aliphatic heterocycles. The quantitative estimate of drug-likeness (QED) is 0.447. The zero-order valence-corrected chi connectivity index (χ0v) is 22.2. The van der Waals surface area contributed by atoms with Crippen molar-refractivity contribution in [2.24, 2.45) is 5.92 Å². The molecule has 0 atom stereocenters. The van der Waals surface area contributed by atoms with Gasteiger partial charge in [-0.15, -0.1) is 0 Å². The van der Waals surface area contributed by atoms with E-state index in [4.69, 9.17) is 9.47 Å². The summed E-state index contributed by atoms with van der Waals surface area (Å²) >= 11 is 0. The van der Waals surface area contributed by atoms with Gasteiger partial charge in [-0.3, -0.25) is 9.36 Å². The Labute approximate surface area is 217 Å². The number of amides is 1. The van der Waals surface area contributed by atoms with Crippen LogP contribution >= 0.6 is 0 Å². The minimum Gasteiger partial charge on any atom is -0.469 e. The normalized spacial score (nSPS) is 14.6. The Kier molecular flexibility index (Phi) is 8.05.